The fourth-order valence-electron chi connectivity index (χ4n) is 2.54. The maximum Gasteiger partial charge on any atom is 0.128 e. The van der Waals surface area contributed by atoms with E-state index in [-0.39, 0.29) is 0 Å². The third-order valence-corrected chi connectivity index (χ3v) is 4.33. The molecule has 108 valence electrons. The number of rotatable bonds is 3. The molecule has 0 fully saturated rings. The van der Waals surface area contributed by atoms with Gasteiger partial charge in [0, 0.05) is 26.3 Å². The molecule has 0 spiro atoms. The maximum absolute atomic E-state index is 5.47. The van der Waals surface area contributed by atoms with Gasteiger partial charge in [-0.15, -0.1) is 0 Å². The number of benzene rings is 1. The second kappa shape index (κ2) is 5.63. The summed E-state index contributed by atoms with van der Waals surface area (Å²) >= 11 is 2.32. The predicted molar refractivity (Wildman–Crippen MR) is 91.8 cm³/mol. The highest BCUT2D eigenvalue weighted by atomic mass is 127. The number of hydrogen-bond donors (Lipinski definition) is 0. The largest absolute Gasteiger partial charge is 0.496 e. The van der Waals surface area contributed by atoms with E-state index in [1.807, 2.05) is 30.9 Å². The zero-order chi connectivity index (χ0) is 15.0. The number of halogens is 1. The molecule has 3 aromatic rings. The Balaban J connectivity index is 2.05. The van der Waals surface area contributed by atoms with Gasteiger partial charge in [-0.1, -0.05) is 6.07 Å². The van der Waals surface area contributed by atoms with Gasteiger partial charge in [-0.05, 0) is 48.6 Å². The predicted octanol–water partition coefficient (Wildman–Crippen LogP) is 3.71. The van der Waals surface area contributed by atoms with Gasteiger partial charge in [0.25, 0.3) is 0 Å². The van der Waals surface area contributed by atoms with Gasteiger partial charge in [0.15, 0.2) is 0 Å². The van der Waals surface area contributed by atoms with E-state index in [1.54, 1.807) is 7.11 Å². The monoisotopic (exact) mass is 393 g/mol. The lowest BCUT2D eigenvalue weighted by Gasteiger charge is -2.12. The van der Waals surface area contributed by atoms with Crippen LogP contribution in [0, 0.1) is 17.4 Å². The summed E-state index contributed by atoms with van der Waals surface area (Å²) in [5.74, 6) is 0.908. The van der Waals surface area contributed by atoms with Crippen molar-refractivity contribution in [3.05, 3.63) is 51.0 Å². The van der Waals surface area contributed by atoms with Crippen LogP contribution in [0.3, 0.4) is 0 Å². The molecule has 0 aliphatic rings. The number of pyridine rings is 1. The summed E-state index contributed by atoms with van der Waals surface area (Å²) in [4.78, 5) is 4.55. The number of aromatic nitrogens is 3. The lowest BCUT2D eigenvalue weighted by Crippen LogP contribution is -2.07. The van der Waals surface area contributed by atoms with E-state index in [0.29, 0.717) is 6.54 Å². The zero-order valence-electron chi connectivity index (χ0n) is 12.2. The van der Waals surface area contributed by atoms with Crippen LogP contribution in [0.4, 0.5) is 0 Å². The summed E-state index contributed by atoms with van der Waals surface area (Å²) < 4.78 is 8.66. The molecule has 0 aliphatic heterocycles. The number of nitrogens with zero attached hydrogens (tertiary/aromatic N) is 3. The minimum absolute atomic E-state index is 0.645. The van der Waals surface area contributed by atoms with E-state index < -0.39 is 0 Å². The van der Waals surface area contributed by atoms with Crippen molar-refractivity contribution < 1.29 is 4.74 Å². The van der Waals surface area contributed by atoms with Crippen molar-refractivity contribution in [3.8, 4) is 5.75 Å². The molecule has 0 atom stereocenters. The van der Waals surface area contributed by atoms with Crippen molar-refractivity contribution in [3.63, 3.8) is 0 Å². The molecular formula is C16H16IN3O. The first kappa shape index (κ1) is 14.3. The van der Waals surface area contributed by atoms with Gasteiger partial charge in [-0.2, -0.15) is 5.10 Å². The molecule has 2 aromatic heterocycles. The van der Waals surface area contributed by atoms with Crippen molar-refractivity contribution in [2.75, 3.05) is 7.11 Å². The number of aryl methyl sites for hydroxylation is 1. The van der Waals surface area contributed by atoms with Gasteiger partial charge in [0.2, 0.25) is 0 Å². The number of hydrogen-bond acceptors (Lipinski definition) is 3. The molecule has 0 aliphatic carbocycles. The summed E-state index contributed by atoms with van der Waals surface area (Å²) in [6.07, 6.45) is 3.75. The zero-order valence-corrected chi connectivity index (χ0v) is 14.4. The average Bonchev–Trinajstić information content (AvgIpc) is 2.85. The van der Waals surface area contributed by atoms with Crippen molar-refractivity contribution in [2.24, 2.45) is 0 Å². The molecule has 0 N–H and O–H groups in total. The fraction of sp³-hybridized carbons (Fsp3) is 0.250. The molecule has 1 aromatic carbocycles. The summed E-state index contributed by atoms with van der Waals surface area (Å²) in [6, 6.07) is 6.33. The highest BCUT2D eigenvalue weighted by molar-refractivity contribution is 14.1. The third-order valence-electron chi connectivity index (χ3n) is 3.66. The molecule has 0 unspecified atom stereocenters. The number of ether oxygens (including phenoxy) is 1. The Bertz CT molecular complexity index is 811. The van der Waals surface area contributed by atoms with Crippen LogP contribution in [0.5, 0.6) is 5.75 Å². The molecular weight excluding hydrogens is 377 g/mol. The van der Waals surface area contributed by atoms with Gasteiger partial charge in [-0.3, -0.25) is 9.67 Å². The van der Waals surface area contributed by atoms with Gasteiger partial charge < -0.3 is 4.74 Å². The second-order valence-electron chi connectivity index (χ2n) is 5.05. The summed E-state index contributed by atoms with van der Waals surface area (Å²) in [7, 11) is 1.70. The van der Waals surface area contributed by atoms with E-state index in [4.69, 9.17) is 4.74 Å². The molecule has 4 nitrogen and oxygen atoms in total. The van der Waals surface area contributed by atoms with Gasteiger partial charge in [0.1, 0.15) is 5.75 Å². The van der Waals surface area contributed by atoms with E-state index in [1.165, 1.54) is 3.57 Å². The van der Waals surface area contributed by atoms with Crippen molar-refractivity contribution >= 4 is 33.5 Å². The van der Waals surface area contributed by atoms with Crippen LogP contribution in [0.25, 0.3) is 10.9 Å². The normalized spacial score (nSPS) is 11.0. The smallest absolute Gasteiger partial charge is 0.128 e. The lowest BCUT2D eigenvalue weighted by atomic mass is 10.1. The summed E-state index contributed by atoms with van der Waals surface area (Å²) in [6.45, 7) is 4.70. The molecule has 3 rings (SSSR count). The van der Waals surface area contributed by atoms with E-state index in [0.717, 1.165) is 33.5 Å². The molecule has 0 bridgehead atoms. The summed E-state index contributed by atoms with van der Waals surface area (Å²) in [5.41, 5.74) is 4.24. The first-order valence-corrected chi connectivity index (χ1v) is 7.78. The Morgan fingerprint density at radius 1 is 1.24 bits per heavy atom. The van der Waals surface area contributed by atoms with Gasteiger partial charge >= 0.3 is 0 Å². The van der Waals surface area contributed by atoms with E-state index >= 15 is 0 Å². The molecule has 0 radical (unpaired) electrons. The third kappa shape index (κ3) is 2.62. The highest BCUT2D eigenvalue weighted by Gasteiger charge is 2.11. The van der Waals surface area contributed by atoms with Crippen LogP contribution in [0.15, 0.2) is 30.6 Å². The minimum atomic E-state index is 0.645. The van der Waals surface area contributed by atoms with Crippen LogP contribution >= 0.6 is 22.6 Å². The van der Waals surface area contributed by atoms with Gasteiger partial charge in [-0.25, -0.2) is 0 Å². The van der Waals surface area contributed by atoms with E-state index in [2.05, 4.69) is 50.9 Å². The lowest BCUT2D eigenvalue weighted by molar-refractivity contribution is 0.406. The van der Waals surface area contributed by atoms with Crippen LogP contribution in [0.2, 0.25) is 0 Å². The van der Waals surface area contributed by atoms with Crippen LogP contribution in [-0.2, 0) is 6.54 Å². The molecule has 5 heteroatoms. The van der Waals surface area contributed by atoms with Crippen molar-refractivity contribution in [2.45, 2.75) is 20.4 Å². The minimum Gasteiger partial charge on any atom is -0.496 e. The number of methoxy groups -OCH3 is 1. The second-order valence-corrected chi connectivity index (χ2v) is 6.30. The van der Waals surface area contributed by atoms with Gasteiger partial charge in [0.05, 0.1) is 31.1 Å². The van der Waals surface area contributed by atoms with Crippen molar-refractivity contribution in [1.82, 2.24) is 14.8 Å². The SMILES string of the molecule is COc1c(C)cnc(Cn2ncc3ccc(I)cc32)c1C. The Hall–Kier alpha value is -1.63. The Morgan fingerprint density at radius 3 is 2.81 bits per heavy atom. The van der Waals surface area contributed by atoms with Crippen LogP contribution < -0.4 is 4.74 Å². The highest BCUT2D eigenvalue weighted by Crippen LogP contribution is 2.25. The molecule has 0 saturated carbocycles. The van der Waals surface area contributed by atoms with Crippen LogP contribution in [-0.4, -0.2) is 21.9 Å². The quantitative estimate of drug-likeness (QED) is 0.637. The topological polar surface area (TPSA) is 39.9 Å². The molecule has 2 heterocycles. The molecule has 0 amide bonds. The van der Waals surface area contributed by atoms with E-state index in [9.17, 15) is 0 Å². The fourth-order valence-corrected chi connectivity index (χ4v) is 3.02. The average molecular weight is 393 g/mol. The summed E-state index contributed by atoms with van der Waals surface area (Å²) in [5, 5.41) is 5.63. The molecule has 21 heavy (non-hydrogen) atoms. The molecule has 0 saturated heterocycles. The Labute approximate surface area is 137 Å². The maximum atomic E-state index is 5.47. The Kier molecular flexibility index (Phi) is 3.84. The Morgan fingerprint density at radius 2 is 2.05 bits per heavy atom. The first-order chi connectivity index (χ1) is 10.1. The standard InChI is InChI=1S/C16H16IN3O/c1-10-7-18-14(11(2)16(10)21-3)9-20-15-6-13(17)5-4-12(15)8-19-20/h4-8H,9H2,1-3H3. The first-order valence-electron chi connectivity index (χ1n) is 6.70. The van der Waals surface area contributed by atoms with Crippen LogP contribution in [0.1, 0.15) is 16.8 Å². The number of fused-ring (bicyclic) bond motifs is 1. The van der Waals surface area contributed by atoms with Crippen molar-refractivity contribution in [1.29, 1.82) is 0 Å².